The van der Waals surface area contributed by atoms with Crippen LogP contribution in [0.1, 0.15) is 16.7 Å². The van der Waals surface area contributed by atoms with Crippen LogP contribution in [0.5, 0.6) is 0 Å². The maximum atomic E-state index is 10.1. The quantitative estimate of drug-likeness (QED) is 0.659. The molecule has 11 heavy (non-hydrogen) atoms. The Morgan fingerprint density at radius 2 is 2.09 bits per heavy atom. The van der Waals surface area contributed by atoms with Crippen LogP contribution in [0.3, 0.4) is 0 Å². The maximum Gasteiger partial charge on any atom is 0.214 e. The molecule has 0 aliphatic rings. The smallest absolute Gasteiger partial charge is 0.0615 e. The second-order valence-electron chi connectivity index (χ2n) is 2.68. The zero-order valence-electron chi connectivity index (χ0n) is 6.85. The molecule has 0 bridgehead atoms. The van der Waals surface area contributed by atoms with Gasteiger partial charge in [0.15, 0.2) is 0 Å². The van der Waals surface area contributed by atoms with Crippen molar-refractivity contribution in [3.8, 4) is 0 Å². The highest BCUT2D eigenvalue weighted by Gasteiger charge is 2.01. The summed E-state index contributed by atoms with van der Waals surface area (Å²) in [5.74, 6) is 0. The Kier molecular flexibility index (Phi) is 2.36. The molecule has 0 aromatic heterocycles. The lowest BCUT2D eigenvalue weighted by molar-refractivity contribution is -0.498. The molecule has 2 heteroatoms. The molecule has 0 atom stereocenters. The van der Waals surface area contributed by atoms with E-state index in [0.29, 0.717) is 6.54 Å². The van der Waals surface area contributed by atoms with Crippen molar-refractivity contribution in [2.45, 2.75) is 20.4 Å². The summed E-state index contributed by atoms with van der Waals surface area (Å²) in [5.41, 5.74) is 3.52. The molecule has 0 fully saturated rings. The summed E-state index contributed by atoms with van der Waals surface area (Å²) in [6.45, 7) is 4.49. The predicted octanol–water partition coefficient (Wildman–Crippen LogP) is 0.650. The van der Waals surface area contributed by atoms with Crippen molar-refractivity contribution >= 4 is 0 Å². The summed E-state index contributed by atoms with van der Waals surface area (Å²) < 4.78 is 0. The van der Waals surface area contributed by atoms with Gasteiger partial charge in [-0.05, 0) is 30.2 Å². The Balaban J connectivity index is 3.05. The summed E-state index contributed by atoms with van der Waals surface area (Å²) in [5, 5.41) is 1.90. The van der Waals surface area contributed by atoms with Crippen LogP contribution < -0.4 is 5.18 Å². The molecule has 2 nitrogen and oxygen atoms in total. The first-order valence-electron chi connectivity index (χ1n) is 3.66. The Bertz CT molecular complexity index is 268. The van der Waals surface area contributed by atoms with Gasteiger partial charge in [-0.2, -0.15) is 0 Å². The molecule has 1 N–H and O–H groups in total. The van der Waals surface area contributed by atoms with Crippen molar-refractivity contribution in [3.05, 3.63) is 39.8 Å². The van der Waals surface area contributed by atoms with Crippen LogP contribution in [0.4, 0.5) is 0 Å². The molecule has 0 aliphatic carbocycles. The second-order valence-corrected chi connectivity index (χ2v) is 2.68. The molecular weight excluding hydrogens is 138 g/mol. The third-order valence-corrected chi connectivity index (χ3v) is 1.98. The van der Waals surface area contributed by atoms with Crippen molar-refractivity contribution in [2.24, 2.45) is 0 Å². The van der Waals surface area contributed by atoms with Gasteiger partial charge in [0, 0.05) is 10.5 Å². The van der Waals surface area contributed by atoms with Crippen molar-refractivity contribution in [3.63, 3.8) is 0 Å². The molecule has 0 amide bonds. The Hall–Kier alpha value is -1.18. The van der Waals surface area contributed by atoms with E-state index >= 15 is 0 Å². The molecule has 1 rings (SSSR count). The van der Waals surface area contributed by atoms with Gasteiger partial charge in [0.25, 0.3) is 0 Å². The van der Waals surface area contributed by atoms with Crippen molar-refractivity contribution < 1.29 is 5.18 Å². The fourth-order valence-corrected chi connectivity index (χ4v) is 1.08. The first-order chi connectivity index (χ1) is 5.25. The standard InChI is InChI=1S/C9H11NO/c1-7-4-3-5-9(6-10-11)8(7)2/h3-5H,6H2,1-2H3/p+1. The molecule has 0 unspecified atom stereocenters. The van der Waals surface area contributed by atoms with E-state index in [0.717, 1.165) is 5.56 Å². The minimum absolute atomic E-state index is 0.410. The number of rotatable bonds is 2. The van der Waals surface area contributed by atoms with E-state index in [2.05, 4.69) is 0 Å². The Morgan fingerprint density at radius 3 is 2.73 bits per heavy atom. The minimum Gasteiger partial charge on any atom is -0.0615 e. The van der Waals surface area contributed by atoms with Crippen LogP contribution in [0.2, 0.25) is 0 Å². The second kappa shape index (κ2) is 3.28. The zero-order chi connectivity index (χ0) is 8.27. The van der Waals surface area contributed by atoms with E-state index in [4.69, 9.17) is 0 Å². The van der Waals surface area contributed by atoms with Gasteiger partial charge in [-0.15, -0.1) is 0 Å². The summed E-state index contributed by atoms with van der Waals surface area (Å²) in [4.78, 5) is 10.1. The molecule has 0 radical (unpaired) electrons. The highest BCUT2D eigenvalue weighted by Crippen LogP contribution is 2.10. The lowest BCUT2D eigenvalue weighted by Gasteiger charge is -2.01. The van der Waals surface area contributed by atoms with Crippen LogP contribution in [0.15, 0.2) is 18.2 Å². The predicted molar refractivity (Wildman–Crippen MR) is 43.9 cm³/mol. The fraction of sp³-hybridized carbons (Fsp3) is 0.333. The van der Waals surface area contributed by atoms with Crippen LogP contribution in [-0.2, 0) is 6.54 Å². The molecule has 1 aromatic carbocycles. The third-order valence-electron chi connectivity index (χ3n) is 1.98. The zero-order valence-corrected chi connectivity index (χ0v) is 6.85. The topological polar surface area (TPSA) is 31.0 Å². The van der Waals surface area contributed by atoms with E-state index in [1.807, 2.05) is 37.2 Å². The van der Waals surface area contributed by atoms with E-state index in [9.17, 15) is 4.91 Å². The first-order valence-corrected chi connectivity index (χ1v) is 3.66. The largest absolute Gasteiger partial charge is 0.214 e. The number of benzene rings is 1. The maximum absolute atomic E-state index is 10.1. The molecule has 0 saturated heterocycles. The minimum atomic E-state index is 0.410. The number of hydrogen-bond donors (Lipinski definition) is 1. The van der Waals surface area contributed by atoms with Gasteiger partial charge in [0.05, 0.1) is 0 Å². The van der Waals surface area contributed by atoms with Gasteiger partial charge in [0.1, 0.15) is 0 Å². The molecule has 0 heterocycles. The Morgan fingerprint density at radius 1 is 1.36 bits per heavy atom. The molecular formula is C9H12NO+. The van der Waals surface area contributed by atoms with E-state index in [-0.39, 0.29) is 0 Å². The summed E-state index contributed by atoms with van der Waals surface area (Å²) in [6.07, 6.45) is 0. The average molecular weight is 150 g/mol. The van der Waals surface area contributed by atoms with Crippen LogP contribution in [0, 0.1) is 18.8 Å². The summed E-state index contributed by atoms with van der Waals surface area (Å²) in [7, 11) is 0. The number of nitroso groups, excluding NO2 is 1. The van der Waals surface area contributed by atoms with Crippen molar-refractivity contribution in [2.75, 3.05) is 0 Å². The molecule has 1 aromatic rings. The normalized spacial score (nSPS) is 9.64. The number of aryl methyl sites for hydroxylation is 1. The first kappa shape index (κ1) is 7.92. The summed E-state index contributed by atoms with van der Waals surface area (Å²) >= 11 is 0. The van der Waals surface area contributed by atoms with Gasteiger partial charge in [-0.1, -0.05) is 18.2 Å². The van der Waals surface area contributed by atoms with Crippen LogP contribution >= 0.6 is 0 Å². The third kappa shape index (κ3) is 1.64. The highest BCUT2D eigenvalue weighted by atomic mass is 16.3. The monoisotopic (exact) mass is 150 g/mol. The van der Waals surface area contributed by atoms with Gasteiger partial charge >= 0.3 is 0 Å². The number of nitrogens with one attached hydrogen (secondary N) is 1. The van der Waals surface area contributed by atoms with E-state index in [1.54, 1.807) is 0 Å². The van der Waals surface area contributed by atoms with Gasteiger partial charge in [-0.25, -0.2) is 0 Å². The lowest BCUT2D eigenvalue weighted by Crippen LogP contribution is -2.61. The van der Waals surface area contributed by atoms with E-state index in [1.165, 1.54) is 11.1 Å². The molecule has 0 aliphatic heterocycles. The highest BCUT2D eigenvalue weighted by molar-refractivity contribution is 5.32. The van der Waals surface area contributed by atoms with Crippen molar-refractivity contribution in [1.29, 1.82) is 0 Å². The molecule has 58 valence electrons. The fourth-order valence-electron chi connectivity index (χ4n) is 1.08. The van der Waals surface area contributed by atoms with Gasteiger partial charge in [0.2, 0.25) is 6.54 Å². The van der Waals surface area contributed by atoms with Gasteiger partial charge in [-0.3, -0.25) is 0 Å². The number of hydrogen-bond acceptors (Lipinski definition) is 1. The Labute approximate surface area is 66.2 Å². The molecule has 0 saturated carbocycles. The SMILES string of the molecule is Cc1cccc(C[NH+]=O)c1C. The molecule has 0 spiro atoms. The average Bonchev–Trinajstić information content (AvgIpc) is 1.99. The lowest BCUT2D eigenvalue weighted by atomic mass is 10.0. The van der Waals surface area contributed by atoms with Crippen LogP contribution in [0.25, 0.3) is 0 Å². The van der Waals surface area contributed by atoms with Crippen molar-refractivity contribution in [1.82, 2.24) is 0 Å². The van der Waals surface area contributed by atoms with E-state index < -0.39 is 0 Å². The van der Waals surface area contributed by atoms with Gasteiger partial charge < -0.3 is 0 Å². The van der Waals surface area contributed by atoms with Crippen LogP contribution in [-0.4, -0.2) is 0 Å². The summed E-state index contributed by atoms with van der Waals surface area (Å²) in [6, 6.07) is 5.98.